The minimum absolute atomic E-state index is 0.266. The number of aryl methyl sites for hydroxylation is 1. The van der Waals surface area contributed by atoms with Crippen molar-refractivity contribution < 1.29 is 8.42 Å². The highest BCUT2D eigenvalue weighted by Gasteiger charge is 2.09. The molecule has 2 rings (SSSR count). The van der Waals surface area contributed by atoms with Crippen LogP contribution in [0.2, 0.25) is 0 Å². The molecule has 2 N–H and O–H groups in total. The minimum Gasteiger partial charge on any atom is -0.385 e. The average molecular weight is 294 g/mol. The van der Waals surface area contributed by atoms with Crippen LogP contribution in [0.5, 0.6) is 0 Å². The summed E-state index contributed by atoms with van der Waals surface area (Å²) in [4.78, 5) is 0.266. The van der Waals surface area contributed by atoms with E-state index in [-0.39, 0.29) is 4.90 Å². The molecule has 0 fully saturated rings. The van der Waals surface area contributed by atoms with Crippen LogP contribution in [0, 0.1) is 0 Å². The maximum absolute atomic E-state index is 11.6. The zero-order chi connectivity index (χ0) is 14.4. The molecule has 7 heteroatoms. The summed E-state index contributed by atoms with van der Waals surface area (Å²) in [7, 11) is -1.96. The van der Waals surface area contributed by atoms with Crippen molar-refractivity contribution in [2.75, 3.05) is 18.9 Å². The standard InChI is InChI=1S/C13H18N4O2S/c1-14-20(18,19)13-6-4-12(5-7-13)15-8-2-10-17-11-3-9-16-17/h3-7,9,11,14-15H,2,8,10H2,1H3. The van der Waals surface area contributed by atoms with E-state index in [0.29, 0.717) is 0 Å². The van der Waals surface area contributed by atoms with E-state index in [2.05, 4.69) is 15.1 Å². The van der Waals surface area contributed by atoms with E-state index in [1.54, 1.807) is 30.5 Å². The molecule has 0 unspecified atom stereocenters. The molecule has 0 atom stereocenters. The molecule has 0 bridgehead atoms. The van der Waals surface area contributed by atoms with Crippen LogP contribution in [0.1, 0.15) is 6.42 Å². The maximum Gasteiger partial charge on any atom is 0.240 e. The first-order valence-electron chi connectivity index (χ1n) is 6.37. The highest BCUT2D eigenvalue weighted by molar-refractivity contribution is 7.89. The van der Waals surface area contributed by atoms with Gasteiger partial charge in [-0.2, -0.15) is 5.10 Å². The third-order valence-electron chi connectivity index (χ3n) is 2.89. The topological polar surface area (TPSA) is 76.0 Å². The fourth-order valence-corrected chi connectivity index (χ4v) is 2.51. The summed E-state index contributed by atoms with van der Waals surface area (Å²) in [5.41, 5.74) is 0.903. The molecule has 0 saturated heterocycles. The molecule has 20 heavy (non-hydrogen) atoms. The minimum atomic E-state index is -3.36. The Morgan fingerprint density at radius 1 is 1.25 bits per heavy atom. The van der Waals surface area contributed by atoms with Gasteiger partial charge in [-0.25, -0.2) is 13.1 Å². The Bertz CT molecular complexity index is 621. The zero-order valence-corrected chi connectivity index (χ0v) is 12.1. The molecule has 0 saturated carbocycles. The van der Waals surface area contributed by atoms with Crippen LogP contribution in [-0.2, 0) is 16.6 Å². The number of aromatic nitrogens is 2. The summed E-state index contributed by atoms with van der Waals surface area (Å²) in [5, 5.41) is 7.37. The average Bonchev–Trinajstić information content (AvgIpc) is 2.97. The molecular formula is C13H18N4O2S. The fraction of sp³-hybridized carbons (Fsp3) is 0.308. The van der Waals surface area contributed by atoms with Crippen LogP contribution in [0.4, 0.5) is 5.69 Å². The Hall–Kier alpha value is -1.86. The van der Waals surface area contributed by atoms with Gasteiger partial charge in [-0.1, -0.05) is 0 Å². The number of nitrogens with zero attached hydrogens (tertiary/aromatic N) is 2. The largest absolute Gasteiger partial charge is 0.385 e. The lowest BCUT2D eigenvalue weighted by atomic mass is 10.3. The van der Waals surface area contributed by atoms with Crippen LogP contribution < -0.4 is 10.0 Å². The summed E-state index contributed by atoms with van der Waals surface area (Å²) in [6, 6.07) is 8.59. The van der Waals surface area contributed by atoms with Crippen molar-refractivity contribution in [3.05, 3.63) is 42.7 Å². The van der Waals surface area contributed by atoms with Crippen LogP contribution in [-0.4, -0.2) is 31.8 Å². The van der Waals surface area contributed by atoms with Crippen molar-refractivity contribution in [1.29, 1.82) is 0 Å². The first-order chi connectivity index (χ1) is 9.62. The second-order valence-electron chi connectivity index (χ2n) is 4.28. The van der Waals surface area contributed by atoms with Gasteiger partial charge < -0.3 is 5.32 Å². The molecule has 6 nitrogen and oxygen atoms in total. The van der Waals surface area contributed by atoms with Crippen molar-refractivity contribution in [2.24, 2.45) is 0 Å². The number of hydrogen-bond acceptors (Lipinski definition) is 4. The van der Waals surface area contributed by atoms with Gasteiger partial charge in [0.1, 0.15) is 0 Å². The van der Waals surface area contributed by atoms with Crippen molar-refractivity contribution in [1.82, 2.24) is 14.5 Å². The fourth-order valence-electron chi connectivity index (χ4n) is 1.78. The van der Waals surface area contributed by atoms with Gasteiger partial charge in [-0.3, -0.25) is 4.68 Å². The molecule has 0 radical (unpaired) electrons. The zero-order valence-electron chi connectivity index (χ0n) is 11.3. The van der Waals surface area contributed by atoms with Crippen LogP contribution in [0.15, 0.2) is 47.6 Å². The van der Waals surface area contributed by atoms with E-state index in [4.69, 9.17) is 0 Å². The second kappa shape index (κ2) is 6.53. The monoisotopic (exact) mass is 294 g/mol. The molecule has 0 aliphatic carbocycles. The maximum atomic E-state index is 11.6. The summed E-state index contributed by atoms with van der Waals surface area (Å²) >= 11 is 0. The van der Waals surface area contributed by atoms with E-state index in [9.17, 15) is 8.42 Å². The Morgan fingerprint density at radius 2 is 2.00 bits per heavy atom. The number of hydrogen-bond donors (Lipinski definition) is 2. The number of anilines is 1. The lowest BCUT2D eigenvalue weighted by Crippen LogP contribution is -2.18. The summed E-state index contributed by atoms with van der Waals surface area (Å²) in [6.07, 6.45) is 4.63. The van der Waals surface area contributed by atoms with E-state index < -0.39 is 10.0 Å². The predicted octanol–water partition coefficient (Wildman–Crippen LogP) is 1.29. The molecule has 0 aliphatic rings. The normalized spacial score (nSPS) is 11.4. The van der Waals surface area contributed by atoms with E-state index in [0.717, 1.165) is 25.2 Å². The molecule has 1 heterocycles. The quantitative estimate of drug-likeness (QED) is 0.755. The number of sulfonamides is 1. The number of benzene rings is 1. The van der Waals surface area contributed by atoms with E-state index in [1.165, 1.54) is 7.05 Å². The van der Waals surface area contributed by atoms with Crippen molar-refractivity contribution >= 4 is 15.7 Å². The van der Waals surface area contributed by atoms with Crippen molar-refractivity contribution in [3.63, 3.8) is 0 Å². The van der Waals surface area contributed by atoms with Crippen LogP contribution >= 0.6 is 0 Å². The van der Waals surface area contributed by atoms with Gasteiger partial charge in [-0.05, 0) is 43.8 Å². The van der Waals surface area contributed by atoms with Gasteiger partial charge in [0.15, 0.2) is 0 Å². The van der Waals surface area contributed by atoms with E-state index in [1.807, 2.05) is 16.9 Å². The molecule has 0 aliphatic heterocycles. The summed E-state index contributed by atoms with van der Waals surface area (Å²) in [5.74, 6) is 0. The molecule has 0 amide bonds. The van der Waals surface area contributed by atoms with Crippen LogP contribution in [0.3, 0.4) is 0 Å². The molecule has 108 valence electrons. The van der Waals surface area contributed by atoms with Crippen molar-refractivity contribution in [2.45, 2.75) is 17.9 Å². The Balaban J connectivity index is 1.82. The Labute approximate surface area is 118 Å². The van der Waals surface area contributed by atoms with Gasteiger partial charge >= 0.3 is 0 Å². The number of rotatable bonds is 7. The summed E-state index contributed by atoms with van der Waals surface area (Å²) in [6.45, 7) is 1.66. The predicted molar refractivity (Wildman–Crippen MR) is 78.0 cm³/mol. The van der Waals surface area contributed by atoms with Gasteiger partial charge in [-0.15, -0.1) is 0 Å². The highest BCUT2D eigenvalue weighted by atomic mass is 32.2. The second-order valence-corrected chi connectivity index (χ2v) is 6.17. The molecule has 2 aromatic rings. The van der Waals surface area contributed by atoms with E-state index >= 15 is 0 Å². The summed E-state index contributed by atoms with van der Waals surface area (Å²) < 4.78 is 27.3. The molecular weight excluding hydrogens is 276 g/mol. The van der Waals surface area contributed by atoms with Gasteiger partial charge in [0.05, 0.1) is 4.90 Å². The third kappa shape index (κ3) is 3.82. The molecule has 0 spiro atoms. The first kappa shape index (κ1) is 14.5. The molecule has 1 aromatic heterocycles. The first-order valence-corrected chi connectivity index (χ1v) is 7.85. The molecule has 1 aromatic carbocycles. The lowest BCUT2D eigenvalue weighted by molar-refractivity contribution is 0.588. The third-order valence-corrected chi connectivity index (χ3v) is 4.32. The highest BCUT2D eigenvalue weighted by Crippen LogP contribution is 2.13. The van der Waals surface area contributed by atoms with Crippen molar-refractivity contribution in [3.8, 4) is 0 Å². The van der Waals surface area contributed by atoms with Gasteiger partial charge in [0, 0.05) is 31.2 Å². The SMILES string of the molecule is CNS(=O)(=O)c1ccc(NCCCn2cccn2)cc1. The van der Waals surface area contributed by atoms with Crippen LogP contribution in [0.25, 0.3) is 0 Å². The van der Waals surface area contributed by atoms with Gasteiger partial charge in [0.25, 0.3) is 0 Å². The smallest absolute Gasteiger partial charge is 0.240 e. The van der Waals surface area contributed by atoms with Gasteiger partial charge in [0.2, 0.25) is 10.0 Å². The Morgan fingerprint density at radius 3 is 2.60 bits per heavy atom. The number of nitrogens with one attached hydrogen (secondary N) is 2. The lowest BCUT2D eigenvalue weighted by Gasteiger charge is -2.08. The Kier molecular flexibility index (Phi) is 4.75.